The molecule has 1 heterocycles. The van der Waals surface area contributed by atoms with E-state index in [9.17, 15) is 10.1 Å². The molecule has 1 N–H and O–H groups in total. The Hall–Kier alpha value is -2.79. The minimum atomic E-state index is -0.312. The first kappa shape index (κ1) is 16.7. The highest BCUT2D eigenvalue weighted by molar-refractivity contribution is 7.99. The van der Waals surface area contributed by atoms with Gasteiger partial charge in [0.25, 0.3) is 5.69 Å². The SMILES string of the molecule is Cc1ccc(C(C)c2ccc3c(c2)Nc2ccccc2S3)cc1[N+](=O)[O-]. The highest BCUT2D eigenvalue weighted by atomic mass is 32.2. The first-order chi connectivity index (χ1) is 12.5. The van der Waals surface area contributed by atoms with Crippen LogP contribution in [0.4, 0.5) is 17.1 Å². The summed E-state index contributed by atoms with van der Waals surface area (Å²) in [4.78, 5) is 13.3. The lowest BCUT2D eigenvalue weighted by Crippen LogP contribution is -2.03. The second-order valence-electron chi connectivity index (χ2n) is 6.50. The molecule has 1 aliphatic rings. The minimum Gasteiger partial charge on any atom is -0.354 e. The molecule has 0 bridgehead atoms. The number of rotatable bonds is 3. The van der Waals surface area contributed by atoms with Crippen molar-refractivity contribution < 1.29 is 4.92 Å². The molecular weight excluding hydrogens is 344 g/mol. The van der Waals surface area contributed by atoms with Crippen molar-refractivity contribution in [2.45, 2.75) is 29.6 Å². The van der Waals surface area contributed by atoms with Gasteiger partial charge in [0.2, 0.25) is 0 Å². The van der Waals surface area contributed by atoms with Gasteiger partial charge in [0.1, 0.15) is 0 Å². The topological polar surface area (TPSA) is 55.2 Å². The van der Waals surface area contributed by atoms with E-state index < -0.39 is 0 Å². The van der Waals surface area contributed by atoms with Crippen LogP contribution in [0.5, 0.6) is 0 Å². The average molecular weight is 362 g/mol. The molecule has 5 heteroatoms. The molecule has 130 valence electrons. The maximum Gasteiger partial charge on any atom is 0.272 e. The van der Waals surface area contributed by atoms with Gasteiger partial charge in [0, 0.05) is 27.3 Å². The molecule has 3 aromatic carbocycles. The summed E-state index contributed by atoms with van der Waals surface area (Å²) < 4.78 is 0. The van der Waals surface area contributed by atoms with Gasteiger partial charge in [-0.2, -0.15) is 0 Å². The van der Waals surface area contributed by atoms with Crippen molar-refractivity contribution >= 4 is 28.8 Å². The fourth-order valence-corrected chi connectivity index (χ4v) is 4.18. The highest BCUT2D eigenvalue weighted by Gasteiger charge is 2.19. The summed E-state index contributed by atoms with van der Waals surface area (Å²) in [5.41, 5.74) is 5.14. The van der Waals surface area contributed by atoms with E-state index >= 15 is 0 Å². The molecule has 4 rings (SSSR count). The van der Waals surface area contributed by atoms with Crippen LogP contribution in [0.2, 0.25) is 0 Å². The van der Waals surface area contributed by atoms with Crippen LogP contribution in [0, 0.1) is 17.0 Å². The summed E-state index contributed by atoms with van der Waals surface area (Å²) in [6, 6.07) is 20.1. The predicted octanol–water partition coefficient (Wildman–Crippen LogP) is 6.26. The van der Waals surface area contributed by atoms with Gasteiger partial charge in [-0.05, 0) is 42.3 Å². The first-order valence-electron chi connectivity index (χ1n) is 8.46. The van der Waals surface area contributed by atoms with Crippen molar-refractivity contribution in [2.75, 3.05) is 5.32 Å². The number of para-hydroxylation sites is 1. The van der Waals surface area contributed by atoms with E-state index in [1.54, 1.807) is 24.8 Å². The van der Waals surface area contributed by atoms with Gasteiger partial charge in [-0.1, -0.05) is 49.0 Å². The van der Waals surface area contributed by atoms with Gasteiger partial charge in [-0.15, -0.1) is 0 Å². The Labute approximate surface area is 156 Å². The third-order valence-corrected chi connectivity index (χ3v) is 5.96. The van der Waals surface area contributed by atoms with Gasteiger partial charge in [-0.25, -0.2) is 0 Å². The standard InChI is InChI=1S/C21H18N2O2S/c1-13-7-8-16(12-19(13)23(24)25)14(2)15-9-10-21-18(11-15)22-17-5-3-4-6-20(17)26-21/h3-12,14,22H,1-2H3. The molecule has 0 amide bonds. The molecule has 0 fully saturated rings. The number of anilines is 2. The average Bonchev–Trinajstić information content (AvgIpc) is 2.65. The number of nitrogens with one attached hydrogen (secondary N) is 1. The molecule has 0 saturated heterocycles. The molecule has 0 aromatic heterocycles. The van der Waals surface area contributed by atoms with Crippen LogP contribution in [-0.2, 0) is 0 Å². The van der Waals surface area contributed by atoms with Crippen molar-refractivity contribution in [1.29, 1.82) is 0 Å². The predicted molar refractivity (Wildman–Crippen MR) is 106 cm³/mol. The molecule has 4 nitrogen and oxygen atoms in total. The summed E-state index contributed by atoms with van der Waals surface area (Å²) in [6.07, 6.45) is 0. The quantitative estimate of drug-likeness (QED) is 0.345. The van der Waals surface area contributed by atoms with Crippen LogP contribution >= 0.6 is 11.8 Å². The molecular formula is C21H18N2O2S. The van der Waals surface area contributed by atoms with E-state index in [4.69, 9.17) is 0 Å². The molecule has 0 saturated carbocycles. The van der Waals surface area contributed by atoms with Crippen molar-refractivity contribution in [3.8, 4) is 0 Å². The monoisotopic (exact) mass is 362 g/mol. The highest BCUT2D eigenvalue weighted by Crippen LogP contribution is 2.45. The van der Waals surface area contributed by atoms with Crippen LogP contribution in [0.1, 0.15) is 29.5 Å². The van der Waals surface area contributed by atoms with Crippen LogP contribution in [0.25, 0.3) is 0 Å². The summed E-state index contributed by atoms with van der Waals surface area (Å²) in [5, 5.41) is 14.7. The summed E-state index contributed by atoms with van der Waals surface area (Å²) in [5.74, 6) is 0.0728. The minimum absolute atomic E-state index is 0.0728. The lowest BCUT2D eigenvalue weighted by molar-refractivity contribution is -0.385. The zero-order valence-electron chi connectivity index (χ0n) is 14.5. The van der Waals surface area contributed by atoms with Crippen molar-refractivity contribution in [1.82, 2.24) is 0 Å². The van der Waals surface area contributed by atoms with Gasteiger partial charge in [-0.3, -0.25) is 10.1 Å². The van der Waals surface area contributed by atoms with E-state index in [-0.39, 0.29) is 16.5 Å². The molecule has 3 aromatic rings. The Balaban J connectivity index is 1.68. The maximum atomic E-state index is 11.2. The van der Waals surface area contributed by atoms with E-state index in [2.05, 4.69) is 42.6 Å². The van der Waals surface area contributed by atoms with Gasteiger partial charge >= 0.3 is 0 Å². The molecule has 1 unspecified atom stereocenters. The first-order valence-corrected chi connectivity index (χ1v) is 9.27. The number of aryl methyl sites for hydroxylation is 1. The zero-order chi connectivity index (χ0) is 18.3. The van der Waals surface area contributed by atoms with Crippen LogP contribution < -0.4 is 5.32 Å². The summed E-state index contributed by atoms with van der Waals surface area (Å²) in [7, 11) is 0. The Morgan fingerprint density at radius 1 is 0.962 bits per heavy atom. The fraction of sp³-hybridized carbons (Fsp3) is 0.143. The second kappa shape index (κ2) is 6.50. The van der Waals surface area contributed by atoms with Gasteiger partial charge in [0.15, 0.2) is 0 Å². The number of hydrogen-bond donors (Lipinski definition) is 1. The zero-order valence-corrected chi connectivity index (χ0v) is 15.3. The van der Waals surface area contributed by atoms with Crippen molar-refractivity contribution in [3.05, 3.63) is 87.5 Å². The normalized spacial score (nSPS) is 13.3. The Kier molecular flexibility index (Phi) is 4.17. The number of nitro groups is 1. The Bertz CT molecular complexity index is 1020. The van der Waals surface area contributed by atoms with Crippen LogP contribution in [-0.4, -0.2) is 4.92 Å². The number of fused-ring (bicyclic) bond motifs is 2. The molecule has 1 aliphatic heterocycles. The number of nitro benzene ring substituents is 1. The Morgan fingerprint density at radius 3 is 2.46 bits per heavy atom. The van der Waals surface area contributed by atoms with Gasteiger partial charge < -0.3 is 5.32 Å². The smallest absolute Gasteiger partial charge is 0.272 e. The van der Waals surface area contributed by atoms with Gasteiger partial charge in [0.05, 0.1) is 16.3 Å². The number of hydrogen-bond acceptors (Lipinski definition) is 4. The maximum absolute atomic E-state index is 11.2. The molecule has 1 atom stereocenters. The van der Waals surface area contributed by atoms with E-state index in [1.807, 2.05) is 24.3 Å². The van der Waals surface area contributed by atoms with E-state index in [1.165, 1.54) is 9.79 Å². The summed E-state index contributed by atoms with van der Waals surface area (Å²) in [6.45, 7) is 3.85. The number of nitrogens with zero attached hydrogens (tertiary/aromatic N) is 1. The third kappa shape index (κ3) is 2.95. The van der Waals surface area contributed by atoms with Crippen molar-refractivity contribution in [2.24, 2.45) is 0 Å². The van der Waals surface area contributed by atoms with E-state index in [0.717, 1.165) is 22.5 Å². The Morgan fingerprint density at radius 2 is 1.65 bits per heavy atom. The molecule has 26 heavy (non-hydrogen) atoms. The molecule has 0 aliphatic carbocycles. The number of benzene rings is 3. The summed E-state index contributed by atoms with van der Waals surface area (Å²) >= 11 is 1.76. The second-order valence-corrected chi connectivity index (χ2v) is 7.59. The largest absolute Gasteiger partial charge is 0.354 e. The van der Waals surface area contributed by atoms with E-state index in [0.29, 0.717) is 5.56 Å². The van der Waals surface area contributed by atoms with Crippen LogP contribution in [0.15, 0.2) is 70.5 Å². The van der Waals surface area contributed by atoms with Crippen LogP contribution in [0.3, 0.4) is 0 Å². The lowest BCUT2D eigenvalue weighted by Gasteiger charge is -2.22. The lowest BCUT2D eigenvalue weighted by atomic mass is 9.91. The molecule has 0 spiro atoms. The van der Waals surface area contributed by atoms with Crippen molar-refractivity contribution in [3.63, 3.8) is 0 Å². The fourth-order valence-electron chi connectivity index (χ4n) is 3.21. The third-order valence-electron chi connectivity index (χ3n) is 4.81. The molecule has 0 radical (unpaired) electrons.